The molecule has 2 aromatic carbocycles. The zero-order valence-corrected chi connectivity index (χ0v) is 17.8. The van der Waals surface area contributed by atoms with Gasteiger partial charge in [0.2, 0.25) is 11.8 Å². The summed E-state index contributed by atoms with van der Waals surface area (Å²) in [5, 5.41) is 3.65. The van der Waals surface area contributed by atoms with Crippen molar-refractivity contribution in [1.82, 2.24) is 10.2 Å². The smallest absolute Gasteiger partial charge is 0.243 e. The maximum atomic E-state index is 13.2. The lowest BCUT2D eigenvalue weighted by atomic mass is 10.0. The molecule has 0 aliphatic rings. The molecular formula is C23H29ClN2O2. The molecule has 0 fully saturated rings. The van der Waals surface area contributed by atoms with Gasteiger partial charge in [-0.25, -0.2) is 0 Å². The molecule has 2 aromatic rings. The quantitative estimate of drug-likeness (QED) is 0.738. The van der Waals surface area contributed by atoms with Crippen LogP contribution in [0.15, 0.2) is 54.6 Å². The normalized spacial score (nSPS) is 12.3. The van der Waals surface area contributed by atoms with E-state index in [1.54, 1.807) is 11.0 Å². The number of nitrogens with one attached hydrogen (secondary N) is 1. The Labute approximate surface area is 172 Å². The molecule has 0 aromatic heterocycles. The predicted molar refractivity (Wildman–Crippen MR) is 114 cm³/mol. The van der Waals surface area contributed by atoms with Crippen molar-refractivity contribution in [1.29, 1.82) is 0 Å². The van der Waals surface area contributed by atoms with Crippen molar-refractivity contribution < 1.29 is 9.59 Å². The molecule has 0 bridgehead atoms. The van der Waals surface area contributed by atoms with E-state index < -0.39 is 6.04 Å². The fraction of sp³-hybridized carbons (Fsp3) is 0.391. The van der Waals surface area contributed by atoms with Crippen LogP contribution in [0.3, 0.4) is 0 Å². The lowest BCUT2D eigenvalue weighted by Crippen LogP contribution is -2.54. The van der Waals surface area contributed by atoms with E-state index in [4.69, 9.17) is 11.6 Å². The topological polar surface area (TPSA) is 49.4 Å². The van der Waals surface area contributed by atoms with E-state index in [9.17, 15) is 9.59 Å². The van der Waals surface area contributed by atoms with Crippen molar-refractivity contribution >= 4 is 23.4 Å². The Morgan fingerprint density at radius 2 is 1.68 bits per heavy atom. The summed E-state index contributed by atoms with van der Waals surface area (Å²) in [6, 6.07) is 16.6. The van der Waals surface area contributed by atoms with Crippen LogP contribution in [0.1, 0.15) is 45.2 Å². The Balaban J connectivity index is 2.38. The van der Waals surface area contributed by atoms with Crippen molar-refractivity contribution in [3.63, 3.8) is 0 Å². The summed E-state index contributed by atoms with van der Waals surface area (Å²) in [6.45, 7) is 7.96. The van der Waals surface area contributed by atoms with Gasteiger partial charge in [-0.2, -0.15) is 0 Å². The second-order valence-corrected chi connectivity index (χ2v) is 8.39. The van der Waals surface area contributed by atoms with E-state index in [-0.39, 0.29) is 17.4 Å². The first kappa shape index (κ1) is 22.0. The van der Waals surface area contributed by atoms with Gasteiger partial charge in [0.1, 0.15) is 6.04 Å². The Hall–Kier alpha value is -2.33. The minimum Gasteiger partial charge on any atom is -0.350 e. The standard InChI is InChI=1S/C23H29ClN2O2/c1-5-21(27)26(16-18-12-9-13-19(24)14-18)20(22(28)25-23(2,3)4)15-17-10-7-6-8-11-17/h6-14,20H,5,15-16H2,1-4H3,(H,25,28). The van der Waals surface area contributed by atoms with Crippen LogP contribution in [0.2, 0.25) is 5.02 Å². The lowest BCUT2D eigenvalue weighted by molar-refractivity contribution is -0.141. The molecule has 0 saturated heterocycles. The fourth-order valence-electron chi connectivity index (χ4n) is 3.04. The number of rotatable bonds is 7. The van der Waals surface area contributed by atoms with E-state index in [2.05, 4.69) is 5.32 Å². The largest absolute Gasteiger partial charge is 0.350 e. The van der Waals surface area contributed by atoms with Gasteiger partial charge in [0.25, 0.3) is 0 Å². The average Bonchev–Trinajstić information content (AvgIpc) is 2.63. The molecule has 0 radical (unpaired) electrons. The Bertz CT molecular complexity index is 800. The summed E-state index contributed by atoms with van der Waals surface area (Å²) >= 11 is 6.12. The van der Waals surface area contributed by atoms with Gasteiger partial charge in [0.15, 0.2) is 0 Å². The summed E-state index contributed by atoms with van der Waals surface area (Å²) in [5.41, 5.74) is 1.52. The summed E-state index contributed by atoms with van der Waals surface area (Å²) in [6.07, 6.45) is 0.781. The first-order valence-electron chi connectivity index (χ1n) is 9.59. The van der Waals surface area contributed by atoms with E-state index in [0.29, 0.717) is 24.4 Å². The van der Waals surface area contributed by atoms with Crippen LogP contribution >= 0.6 is 11.6 Å². The fourth-order valence-corrected chi connectivity index (χ4v) is 3.25. The molecule has 2 rings (SSSR count). The van der Waals surface area contributed by atoms with Crippen molar-refractivity contribution in [2.24, 2.45) is 0 Å². The highest BCUT2D eigenvalue weighted by Gasteiger charge is 2.31. The number of carbonyl (C=O) groups excluding carboxylic acids is 2. The summed E-state index contributed by atoms with van der Waals surface area (Å²) in [5.74, 6) is -0.217. The molecule has 28 heavy (non-hydrogen) atoms. The van der Waals surface area contributed by atoms with Gasteiger partial charge in [-0.15, -0.1) is 0 Å². The molecule has 0 aliphatic carbocycles. The third-order valence-corrected chi connectivity index (χ3v) is 4.55. The van der Waals surface area contributed by atoms with Crippen molar-refractivity contribution in [3.8, 4) is 0 Å². The second kappa shape index (κ2) is 9.74. The molecule has 2 amide bonds. The lowest BCUT2D eigenvalue weighted by Gasteiger charge is -2.33. The number of amides is 2. The number of carbonyl (C=O) groups is 2. The molecule has 0 spiro atoms. The Morgan fingerprint density at radius 3 is 2.25 bits per heavy atom. The van der Waals surface area contributed by atoms with Crippen LogP contribution in [0.4, 0.5) is 0 Å². The predicted octanol–water partition coefficient (Wildman–Crippen LogP) is 4.60. The molecule has 0 heterocycles. The molecule has 5 heteroatoms. The van der Waals surface area contributed by atoms with Gasteiger partial charge in [-0.1, -0.05) is 61.0 Å². The van der Waals surface area contributed by atoms with Crippen molar-refractivity contribution in [3.05, 3.63) is 70.7 Å². The van der Waals surface area contributed by atoms with Crippen LogP contribution < -0.4 is 5.32 Å². The maximum Gasteiger partial charge on any atom is 0.243 e. The number of nitrogens with zero attached hydrogens (tertiary/aromatic N) is 1. The van der Waals surface area contributed by atoms with Crippen LogP contribution in [0.25, 0.3) is 0 Å². The van der Waals surface area contributed by atoms with Crippen LogP contribution in [-0.4, -0.2) is 28.3 Å². The summed E-state index contributed by atoms with van der Waals surface area (Å²) in [7, 11) is 0. The van der Waals surface area contributed by atoms with Crippen molar-refractivity contribution in [2.45, 2.75) is 58.7 Å². The summed E-state index contributed by atoms with van der Waals surface area (Å²) in [4.78, 5) is 27.6. The van der Waals surface area contributed by atoms with Crippen molar-refractivity contribution in [2.75, 3.05) is 0 Å². The minimum absolute atomic E-state index is 0.0648. The highest BCUT2D eigenvalue weighted by molar-refractivity contribution is 6.30. The molecular weight excluding hydrogens is 372 g/mol. The third-order valence-electron chi connectivity index (χ3n) is 4.31. The molecule has 1 unspecified atom stereocenters. The van der Waals surface area contributed by atoms with E-state index in [0.717, 1.165) is 11.1 Å². The van der Waals surface area contributed by atoms with E-state index in [1.165, 1.54) is 0 Å². The second-order valence-electron chi connectivity index (χ2n) is 7.95. The van der Waals surface area contributed by atoms with Gasteiger partial charge < -0.3 is 10.2 Å². The molecule has 4 nitrogen and oxygen atoms in total. The van der Waals surface area contributed by atoms with E-state index in [1.807, 2.05) is 76.2 Å². The van der Waals surface area contributed by atoms with Gasteiger partial charge in [0, 0.05) is 29.9 Å². The number of hydrogen-bond acceptors (Lipinski definition) is 2. The van der Waals surface area contributed by atoms with E-state index >= 15 is 0 Å². The molecule has 0 saturated carbocycles. The summed E-state index contributed by atoms with van der Waals surface area (Å²) < 4.78 is 0. The SMILES string of the molecule is CCC(=O)N(Cc1cccc(Cl)c1)C(Cc1ccccc1)C(=O)NC(C)(C)C. The van der Waals surface area contributed by atoms with Gasteiger partial charge in [0.05, 0.1) is 0 Å². The highest BCUT2D eigenvalue weighted by Crippen LogP contribution is 2.18. The van der Waals surface area contributed by atoms with Crippen LogP contribution in [0.5, 0.6) is 0 Å². The number of benzene rings is 2. The third kappa shape index (κ3) is 6.68. The average molecular weight is 401 g/mol. The molecule has 1 atom stereocenters. The number of hydrogen-bond donors (Lipinski definition) is 1. The zero-order chi connectivity index (χ0) is 20.7. The molecule has 150 valence electrons. The van der Waals surface area contributed by atoms with Crippen LogP contribution in [0, 0.1) is 0 Å². The Kier molecular flexibility index (Phi) is 7.64. The highest BCUT2D eigenvalue weighted by atomic mass is 35.5. The molecule has 1 N–H and O–H groups in total. The van der Waals surface area contributed by atoms with Gasteiger partial charge in [-0.05, 0) is 44.0 Å². The monoisotopic (exact) mass is 400 g/mol. The van der Waals surface area contributed by atoms with Crippen LogP contribution in [-0.2, 0) is 22.6 Å². The zero-order valence-electron chi connectivity index (χ0n) is 17.0. The van der Waals surface area contributed by atoms with Gasteiger partial charge >= 0.3 is 0 Å². The number of halogens is 1. The maximum absolute atomic E-state index is 13.2. The minimum atomic E-state index is -0.604. The Morgan fingerprint density at radius 1 is 1.04 bits per heavy atom. The molecule has 0 aliphatic heterocycles. The first-order valence-corrected chi connectivity index (χ1v) is 9.97. The van der Waals surface area contributed by atoms with Gasteiger partial charge in [-0.3, -0.25) is 9.59 Å². The first-order chi connectivity index (χ1) is 13.2.